The fraction of sp³-hybridized carbons (Fsp3) is 0.100. The molecule has 0 aliphatic heterocycles. The summed E-state index contributed by atoms with van der Waals surface area (Å²) in [7, 11) is 0. The number of amides is 1. The number of H-pyrrole nitrogens is 1. The molecular formula is C20H19N7O2. The van der Waals surface area contributed by atoms with Crippen molar-refractivity contribution in [2.45, 2.75) is 6.42 Å². The third kappa shape index (κ3) is 4.14. The van der Waals surface area contributed by atoms with Gasteiger partial charge in [-0.1, -0.05) is 12.1 Å². The maximum atomic E-state index is 12.7. The number of aliphatic hydroxyl groups is 1. The number of aromatic amines is 1. The summed E-state index contributed by atoms with van der Waals surface area (Å²) in [5, 5.41) is 22.7. The van der Waals surface area contributed by atoms with Gasteiger partial charge in [-0.25, -0.2) is 4.98 Å². The van der Waals surface area contributed by atoms with E-state index in [0.717, 1.165) is 16.8 Å². The van der Waals surface area contributed by atoms with E-state index in [1.165, 1.54) is 0 Å². The van der Waals surface area contributed by atoms with Crippen molar-refractivity contribution in [3.05, 3.63) is 66.0 Å². The van der Waals surface area contributed by atoms with E-state index >= 15 is 0 Å². The number of aromatic nitrogens is 4. The van der Waals surface area contributed by atoms with Crippen LogP contribution in [0.25, 0.3) is 10.9 Å². The second-order valence-electron chi connectivity index (χ2n) is 6.38. The molecule has 2 aromatic carbocycles. The molecule has 0 unspecified atom stereocenters. The van der Waals surface area contributed by atoms with Crippen LogP contribution in [0.3, 0.4) is 0 Å². The minimum atomic E-state index is -0.324. The van der Waals surface area contributed by atoms with Gasteiger partial charge in [-0.2, -0.15) is 10.1 Å². The topological polar surface area (TPSA) is 142 Å². The van der Waals surface area contributed by atoms with Gasteiger partial charge >= 0.3 is 0 Å². The second-order valence-corrected chi connectivity index (χ2v) is 6.38. The quantitative estimate of drug-likeness (QED) is 0.341. The third-order valence-electron chi connectivity index (χ3n) is 4.34. The van der Waals surface area contributed by atoms with Crippen LogP contribution in [0.2, 0.25) is 0 Å². The summed E-state index contributed by atoms with van der Waals surface area (Å²) in [4.78, 5) is 20.7. The van der Waals surface area contributed by atoms with Gasteiger partial charge in [0.15, 0.2) is 5.69 Å². The summed E-state index contributed by atoms with van der Waals surface area (Å²) in [5.74, 6) is 0.397. The number of benzene rings is 2. The zero-order valence-electron chi connectivity index (χ0n) is 15.4. The molecule has 0 aliphatic rings. The number of carbonyl (C=O) groups excluding carboxylic acids is 1. The third-order valence-corrected chi connectivity index (χ3v) is 4.34. The maximum Gasteiger partial charge on any atom is 0.276 e. The molecule has 0 fully saturated rings. The highest BCUT2D eigenvalue weighted by molar-refractivity contribution is 6.11. The van der Waals surface area contributed by atoms with E-state index in [-0.39, 0.29) is 24.2 Å². The average Bonchev–Trinajstić information content (AvgIpc) is 3.13. The van der Waals surface area contributed by atoms with Crippen molar-refractivity contribution >= 4 is 40.0 Å². The van der Waals surface area contributed by atoms with Crippen LogP contribution in [0.5, 0.6) is 0 Å². The number of carbonyl (C=O) groups is 1. The molecule has 0 saturated heterocycles. The molecule has 0 aliphatic carbocycles. The maximum absolute atomic E-state index is 12.7. The van der Waals surface area contributed by atoms with Gasteiger partial charge in [-0.3, -0.25) is 9.89 Å². The van der Waals surface area contributed by atoms with Crippen molar-refractivity contribution in [3.8, 4) is 0 Å². The Morgan fingerprint density at radius 1 is 1.10 bits per heavy atom. The van der Waals surface area contributed by atoms with E-state index in [9.17, 15) is 4.79 Å². The standard InChI is InChI=1S/C20H19N7O2/c21-20-22-9-7-17(25-20)23-14-5-6-16-15(11-14)18(27-26-16)19(29)24-13-3-1-12(2-4-13)8-10-28/h1-7,9,11,28H,8,10H2,(H,24,29)(H,26,27)(H3,21,22,23,25). The molecule has 0 atom stereocenters. The molecule has 0 radical (unpaired) electrons. The number of anilines is 4. The van der Waals surface area contributed by atoms with E-state index in [0.29, 0.717) is 23.3 Å². The molecule has 2 heterocycles. The summed E-state index contributed by atoms with van der Waals surface area (Å²) >= 11 is 0. The molecule has 0 spiro atoms. The van der Waals surface area contributed by atoms with Crippen molar-refractivity contribution in [1.29, 1.82) is 0 Å². The molecule has 29 heavy (non-hydrogen) atoms. The van der Waals surface area contributed by atoms with E-state index in [1.54, 1.807) is 24.4 Å². The van der Waals surface area contributed by atoms with Crippen molar-refractivity contribution in [2.75, 3.05) is 23.0 Å². The highest BCUT2D eigenvalue weighted by atomic mass is 16.3. The summed E-state index contributed by atoms with van der Waals surface area (Å²) in [6, 6.07) is 14.5. The van der Waals surface area contributed by atoms with Gasteiger partial charge in [0.2, 0.25) is 5.95 Å². The van der Waals surface area contributed by atoms with E-state index in [2.05, 4.69) is 30.8 Å². The predicted molar refractivity (Wildman–Crippen MR) is 111 cm³/mol. The van der Waals surface area contributed by atoms with Gasteiger partial charge in [-0.15, -0.1) is 0 Å². The number of nitrogen functional groups attached to an aromatic ring is 1. The number of nitrogens with one attached hydrogen (secondary N) is 3. The molecule has 146 valence electrons. The highest BCUT2D eigenvalue weighted by Gasteiger charge is 2.15. The monoisotopic (exact) mass is 389 g/mol. The Labute approximate surface area is 166 Å². The number of rotatable bonds is 6. The largest absolute Gasteiger partial charge is 0.396 e. The number of nitrogens with two attached hydrogens (primary N) is 1. The Morgan fingerprint density at radius 2 is 1.90 bits per heavy atom. The average molecular weight is 389 g/mol. The van der Waals surface area contributed by atoms with Crippen molar-refractivity contribution < 1.29 is 9.90 Å². The van der Waals surface area contributed by atoms with Crippen molar-refractivity contribution in [3.63, 3.8) is 0 Å². The Hall–Kier alpha value is -3.98. The van der Waals surface area contributed by atoms with E-state index in [1.807, 2.05) is 30.3 Å². The Kier molecular flexibility index (Phi) is 5.04. The number of fused-ring (bicyclic) bond motifs is 1. The number of hydrogen-bond donors (Lipinski definition) is 5. The van der Waals surface area contributed by atoms with Gasteiger partial charge < -0.3 is 21.5 Å². The minimum absolute atomic E-state index is 0.0863. The SMILES string of the molecule is Nc1nccc(Nc2ccc3[nH]nc(C(=O)Nc4ccc(CCO)cc4)c3c2)n1. The first-order valence-electron chi connectivity index (χ1n) is 8.97. The molecule has 6 N–H and O–H groups in total. The Balaban J connectivity index is 1.56. The summed E-state index contributed by atoms with van der Waals surface area (Å²) in [6.45, 7) is 0.0863. The molecule has 9 heteroatoms. The van der Waals surface area contributed by atoms with Crippen LogP contribution in [-0.4, -0.2) is 37.8 Å². The zero-order valence-corrected chi connectivity index (χ0v) is 15.4. The van der Waals surface area contributed by atoms with Gasteiger partial charge in [0.05, 0.1) is 5.52 Å². The van der Waals surface area contributed by atoms with Gasteiger partial charge in [0.1, 0.15) is 5.82 Å². The van der Waals surface area contributed by atoms with Crippen molar-refractivity contribution in [1.82, 2.24) is 20.2 Å². The Bertz CT molecular complexity index is 1160. The lowest BCUT2D eigenvalue weighted by atomic mass is 10.1. The van der Waals surface area contributed by atoms with Crippen LogP contribution in [0.4, 0.5) is 23.1 Å². The number of nitrogens with zero attached hydrogens (tertiary/aromatic N) is 3. The van der Waals surface area contributed by atoms with E-state index < -0.39 is 0 Å². The fourth-order valence-electron chi connectivity index (χ4n) is 2.93. The van der Waals surface area contributed by atoms with Crippen LogP contribution >= 0.6 is 0 Å². The minimum Gasteiger partial charge on any atom is -0.396 e. The summed E-state index contributed by atoms with van der Waals surface area (Å²) < 4.78 is 0. The molecule has 9 nitrogen and oxygen atoms in total. The number of aliphatic hydroxyl groups excluding tert-OH is 1. The van der Waals surface area contributed by atoms with Crippen LogP contribution in [0, 0.1) is 0 Å². The first-order chi connectivity index (χ1) is 14.1. The zero-order chi connectivity index (χ0) is 20.2. The lowest BCUT2D eigenvalue weighted by Gasteiger charge is -2.07. The van der Waals surface area contributed by atoms with Crippen molar-refractivity contribution in [2.24, 2.45) is 0 Å². The Morgan fingerprint density at radius 3 is 2.66 bits per heavy atom. The van der Waals surface area contributed by atoms with E-state index in [4.69, 9.17) is 10.8 Å². The second kappa shape index (κ2) is 7.95. The van der Waals surface area contributed by atoms with Crippen LogP contribution in [0.1, 0.15) is 16.1 Å². The smallest absolute Gasteiger partial charge is 0.276 e. The van der Waals surface area contributed by atoms with Gasteiger partial charge in [0.25, 0.3) is 5.91 Å². The first-order valence-corrected chi connectivity index (χ1v) is 8.97. The van der Waals surface area contributed by atoms with Crippen LogP contribution in [0.15, 0.2) is 54.7 Å². The summed E-state index contributed by atoms with van der Waals surface area (Å²) in [6.07, 6.45) is 2.14. The molecule has 1 amide bonds. The summed E-state index contributed by atoms with van der Waals surface area (Å²) in [5.41, 5.74) is 9.01. The lowest BCUT2D eigenvalue weighted by molar-refractivity contribution is 0.102. The van der Waals surface area contributed by atoms with Crippen LogP contribution < -0.4 is 16.4 Å². The molecular weight excluding hydrogens is 370 g/mol. The molecule has 2 aromatic heterocycles. The molecule has 4 rings (SSSR count). The molecule has 4 aromatic rings. The lowest BCUT2D eigenvalue weighted by Crippen LogP contribution is -2.12. The van der Waals surface area contributed by atoms with Crippen LogP contribution in [-0.2, 0) is 6.42 Å². The normalized spacial score (nSPS) is 10.8. The predicted octanol–water partition coefficient (Wildman–Crippen LogP) is 2.47. The highest BCUT2D eigenvalue weighted by Crippen LogP contribution is 2.24. The fourth-order valence-corrected chi connectivity index (χ4v) is 2.93. The first kappa shape index (κ1) is 18.4. The molecule has 0 saturated carbocycles. The number of hydrogen-bond acceptors (Lipinski definition) is 7. The molecule has 0 bridgehead atoms. The van der Waals surface area contributed by atoms with Gasteiger partial charge in [0, 0.05) is 29.6 Å². The van der Waals surface area contributed by atoms with Gasteiger partial charge in [-0.05, 0) is 48.4 Å².